The van der Waals surface area contributed by atoms with Crippen molar-refractivity contribution in [1.82, 2.24) is 9.97 Å². The molecule has 1 fully saturated rings. The van der Waals surface area contributed by atoms with Gasteiger partial charge in [0.2, 0.25) is 0 Å². The Labute approximate surface area is 126 Å². The lowest BCUT2D eigenvalue weighted by atomic mass is 10.2. The van der Waals surface area contributed by atoms with E-state index < -0.39 is 0 Å². The monoisotopic (exact) mass is 294 g/mol. The van der Waals surface area contributed by atoms with Crippen LogP contribution in [0.1, 0.15) is 37.1 Å². The lowest BCUT2D eigenvalue weighted by molar-refractivity contribution is 0.0365. The highest BCUT2D eigenvalue weighted by atomic mass is 16.5. The summed E-state index contributed by atoms with van der Waals surface area (Å²) < 4.78 is 10.5. The lowest BCUT2D eigenvalue weighted by Crippen LogP contribution is -2.27. The van der Waals surface area contributed by atoms with Crippen molar-refractivity contribution in [2.24, 2.45) is 0 Å². The van der Waals surface area contributed by atoms with Crippen LogP contribution in [0, 0.1) is 6.92 Å². The molecule has 2 rings (SSSR count). The summed E-state index contributed by atoms with van der Waals surface area (Å²) in [6.07, 6.45) is 2.40. The summed E-state index contributed by atoms with van der Waals surface area (Å²) in [6, 6.07) is 0. The summed E-state index contributed by atoms with van der Waals surface area (Å²) in [4.78, 5) is 9.34. The molecule has 1 aromatic rings. The van der Waals surface area contributed by atoms with E-state index in [4.69, 9.17) is 9.47 Å². The highest BCUT2D eigenvalue weighted by Crippen LogP contribution is 2.39. The van der Waals surface area contributed by atoms with Gasteiger partial charge in [-0.1, -0.05) is 0 Å². The molecule has 6 nitrogen and oxygen atoms in total. The number of rotatable bonds is 9. The summed E-state index contributed by atoms with van der Waals surface area (Å²) >= 11 is 0. The normalized spacial score (nSPS) is 15.8. The number of hydrogen-bond donors (Lipinski definition) is 2. The number of nitrogens with zero attached hydrogens (tertiary/aromatic N) is 2. The van der Waals surface area contributed by atoms with Crippen LogP contribution in [0.5, 0.6) is 0 Å². The van der Waals surface area contributed by atoms with Gasteiger partial charge in [0.05, 0.1) is 12.7 Å². The molecule has 1 aliphatic rings. The first kappa shape index (κ1) is 16.0. The van der Waals surface area contributed by atoms with E-state index in [-0.39, 0.29) is 6.10 Å². The summed E-state index contributed by atoms with van der Waals surface area (Å²) in [6.45, 7) is 6.19. The molecule has 1 saturated carbocycles. The largest absolute Gasteiger partial charge is 0.382 e. The van der Waals surface area contributed by atoms with Crippen molar-refractivity contribution in [2.45, 2.75) is 38.7 Å². The molecule has 0 spiro atoms. The van der Waals surface area contributed by atoms with Gasteiger partial charge >= 0.3 is 0 Å². The van der Waals surface area contributed by atoms with E-state index >= 15 is 0 Å². The Morgan fingerprint density at radius 2 is 1.86 bits per heavy atom. The predicted molar refractivity (Wildman–Crippen MR) is 84.1 cm³/mol. The van der Waals surface area contributed by atoms with Crippen molar-refractivity contribution in [2.75, 3.05) is 44.5 Å². The molecule has 0 radical (unpaired) electrons. The maximum atomic E-state index is 5.37. The quantitative estimate of drug-likeness (QED) is 0.727. The topological polar surface area (TPSA) is 68.3 Å². The molecule has 2 N–H and O–H groups in total. The van der Waals surface area contributed by atoms with E-state index in [1.165, 1.54) is 12.8 Å². The van der Waals surface area contributed by atoms with Gasteiger partial charge in [-0.2, -0.15) is 0 Å². The maximum absolute atomic E-state index is 5.37. The zero-order chi connectivity index (χ0) is 15.2. The third kappa shape index (κ3) is 4.28. The molecule has 1 unspecified atom stereocenters. The molecule has 118 valence electrons. The van der Waals surface area contributed by atoms with Crippen LogP contribution in [0.2, 0.25) is 0 Å². The van der Waals surface area contributed by atoms with Crippen LogP contribution in [0.4, 0.5) is 11.6 Å². The van der Waals surface area contributed by atoms with Crippen molar-refractivity contribution >= 4 is 11.6 Å². The molecule has 1 aliphatic carbocycles. The van der Waals surface area contributed by atoms with Gasteiger partial charge < -0.3 is 20.1 Å². The summed E-state index contributed by atoms with van der Waals surface area (Å²) in [5.41, 5.74) is 1.05. The van der Waals surface area contributed by atoms with Crippen molar-refractivity contribution in [1.29, 1.82) is 0 Å². The molecule has 1 aromatic heterocycles. The number of aromatic nitrogens is 2. The first-order chi connectivity index (χ1) is 10.2. The molecule has 0 bridgehead atoms. The average Bonchev–Trinajstić information content (AvgIpc) is 3.31. The minimum absolute atomic E-state index is 0.0105. The van der Waals surface area contributed by atoms with E-state index in [0.29, 0.717) is 19.1 Å². The number of methoxy groups -OCH3 is 2. The second kappa shape index (κ2) is 7.56. The van der Waals surface area contributed by atoms with E-state index in [1.807, 2.05) is 6.92 Å². The standard InChI is InChI=1S/C15H26N4O2/c1-5-16-13-10(2)14(17-8-12(21-4)9-20-3)19-15(18-13)11-6-7-11/h11-12H,5-9H2,1-4H3,(H2,16,17,18,19). The molecule has 0 amide bonds. The second-order valence-corrected chi connectivity index (χ2v) is 5.40. The van der Waals surface area contributed by atoms with Crippen molar-refractivity contribution < 1.29 is 9.47 Å². The second-order valence-electron chi connectivity index (χ2n) is 5.40. The lowest BCUT2D eigenvalue weighted by Gasteiger charge is -2.18. The summed E-state index contributed by atoms with van der Waals surface area (Å²) in [5.74, 6) is 3.29. The highest BCUT2D eigenvalue weighted by molar-refractivity contribution is 5.57. The zero-order valence-electron chi connectivity index (χ0n) is 13.4. The van der Waals surface area contributed by atoms with Gasteiger partial charge in [0.15, 0.2) is 0 Å². The van der Waals surface area contributed by atoms with Crippen LogP contribution in [-0.2, 0) is 9.47 Å². The van der Waals surface area contributed by atoms with Gasteiger partial charge in [0.25, 0.3) is 0 Å². The van der Waals surface area contributed by atoms with Crippen LogP contribution < -0.4 is 10.6 Å². The van der Waals surface area contributed by atoms with Crippen LogP contribution in [0.25, 0.3) is 0 Å². The van der Waals surface area contributed by atoms with Gasteiger partial charge in [-0.05, 0) is 26.7 Å². The number of anilines is 2. The first-order valence-electron chi connectivity index (χ1n) is 7.57. The molecule has 0 aromatic carbocycles. The molecule has 1 atom stereocenters. The van der Waals surface area contributed by atoms with E-state index in [2.05, 4.69) is 27.5 Å². The maximum Gasteiger partial charge on any atom is 0.136 e. The molecule has 0 saturated heterocycles. The summed E-state index contributed by atoms with van der Waals surface area (Å²) in [5, 5.41) is 6.69. The minimum atomic E-state index is 0.0105. The van der Waals surface area contributed by atoms with Crippen LogP contribution >= 0.6 is 0 Å². The van der Waals surface area contributed by atoms with Crippen LogP contribution in [0.3, 0.4) is 0 Å². The Kier molecular flexibility index (Phi) is 5.76. The fourth-order valence-electron chi connectivity index (χ4n) is 2.18. The zero-order valence-corrected chi connectivity index (χ0v) is 13.4. The van der Waals surface area contributed by atoms with E-state index in [1.54, 1.807) is 14.2 Å². The molecule has 0 aliphatic heterocycles. The Morgan fingerprint density at radius 1 is 1.19 bits per heavy atom. The van der Waals surface area contributed by atoms with Crippen molar-refractivity contribution in [3.8, 4) is 0 Å². The SMILES string of the molecule is CCNc1nc(C2CC2)nc(NCC(COC)OC)c1C. The fraction of sp³-hybridized carbons (Fsp3) is 0.733. The minimum Gasteiger partial charge on any atom is -0.382 e. The van der Waals surface area contributed by atoms with Crippen LogP contribution in [0.15, 0.2) is 0 Å². The molecular formula is C15H26N4O2. The Balaban J connectivity index is 2.12. The number of ether oxygens (including phenoxy) is 2. The van der Waals surface area contributed by atoms with Gasteiger partial charge in [-0.15, -0.1) is 0 Å². The molecule has 6 heteroatoms. The summed E-state index contributed by atoms with van der Waals surface area (Å²) in [7, 11) is 3.37. The van der Waals surface area contributed by atoms with Gasteiger partial charge in [-0.25, -0.2) is 9.97 Å². The predicted octanol–water partition coefficient (Wildman–Crippen LogP) is 2.17. The first-order valence-corrected chi connectivity index (χ1v) is 7.57. The Bertz CT molecular complexity index is 463. The average molecular weight is 294 g/mol. The van der Waals surface area contributed by atoms with E-state index in [0.717, 1.165) is 29.6 Å². The number of hydrogen-bond acceptors (Lipinski definition) is 6. The van der Waals surface area contributed by atoms with Gasteiger partial charge in [-0.3, -0.25) is 0 Å². The Hall–Kier alpha value is -1.40. The van der Waals surface area contributed by atoms with Crippen LogP contribution in [-0.4, -0.2) is 50.0 Å². The van der Waals surface area contributed by atoms with Gasteiger partial charge in [0, 0.05) is 38.8 Å². The highest BCUT2D eigenvalue weighted by Gasteiger charge is 2.28. The molecular weight excluding hydrogens is 268 g/mol. The third-order valence-corrected chi connectivity index (χ3v) is 3.63. The molecule has 21 heavy (non-hydrogen) atoms. The van der Waals surface area contributed by atoms with Crippen molar-refractivity contribution in [3.05, 3.63) is 11.4 Å². The smallest absolute Gasteiger partial charge is 0.136 e. The van der Waals surface area contributed by atoms with Crippen molar-refractivity contribution in [3.63, 3.8) is 0 Å². The molecule has 1 heterocycles. The van der Waals surface area contributed by atoms with Gasteiger partial charge in [0.1, 0.15) is 17.5 Å². The fourth-order valence-corrected chi connectivity index (χ4v) is 2.18. The van der Waals surface area contributed by atoms with E-state index in [9.17, 15) is 0 Å². The third-order valence-electron chi connectivity index (χ3n) is 3.63. The number of nitrogens with one attached hydrogen (secondary N) is 2. The Morgan fingerprint density at radius 3 is 2.38 bits per heavy atom.